The molecule has 2 amide bonds. The standard InChI is InChI=1S/C24H30N4O4/c1-17-3-5-18(6-4-17)14-25-23(29)24(30)26-15-20(28-11-9-27(2)10-12-28)19-7-8-21-22(13-19)32-16-31-21/h3-8,13,20H,9-12,14-16H2,1-2H3,(H,25,29)(H,26,30)/t20-/m1/s1. The first-order valence-corrected chi connectivity index (χ1v) is 10.9. The zero-order valence-electron chi connectivity index (χ0n) is 18.6. The SMILES string of the molecule is Cc1ccc(CNC(=O)C(=O)NC[C@H](c2ccc3c(c2)OCO3)N2CCN(C)CC2)cc1. The van der Waals surface area contributed by atoms with Crippen LogP contribution in [0.15, 0.2) is 42.5 Å². The number of aryl methyl sites for hydroxylation is 1. The number of hydrogen-bond donors (Lipinski definition) is 2. The molecular weight excluding hydrogens is 408 g/mol. The van der Waals surface area contributed by atoms with Crippen molar-refractivity contribution < 1.29 is 19.1 Å². The molecule has 32 heavy (non-hydrogen) atoms. The van der Waals surface area contributed by atoms with E-state index in [-0.39, 0.29) is 12.8 Å². The van der Waals surface area contributed by atoms with E-state index in [1.165, 1.54) is 0 Å². The lowest BCUT2D eigenvalue weighted by molar-refractivity contribution is -0.139. The molecule has 0 bridgehead atoms. The number of rotatable bonds is 6. The number of nitrogens with one attached hydrogen (secondary N) is 2. The zero-order chi connectivity index (χ0) is 22.5. The normalized spacial score (nSPS) is 17.1. The first-order chi connectivity index (χ1) is 15.5. The number of amides is 2. The molecule has 1 fully saturated rings. The maximum absolute atomic E-state index is 12.5. The summed E-state index contributed by atoms with van der Waals surface area (Å²) in [6.07, 6.45) is 0. The van der Waals surface area contributed by atoms with Crippen LogP contribution < -0.4 is 20.1 Å². The summed E-state index contributed by atoms with van der Waals surface area (Å²) in [5, 5.41) is 5.52. The van der Waals surface area contributed by atoms with Gasteiger partial charge in [0.2, 0.25) is 6.79 Å². The highest BCUT2D eigenvalue weighted by Gasteiger charge is 2.27. The molecule has 2 aromatic rings. The van der Waals surface area contributed by atoms with Crippen molar-refractivity contribution in [2.75, 3.05) is 46.6 Å². The Morgan fingerprint density at radius 3 is 2.38 bits per heavy atom. The fourth-order valence-corrected chi connectivity index (χ4v) is 3.95. The van der Waals surface area contributed by atoms with Crippen molar-refractivity contribution >= 4 is 11.8 Å². The molecule has 4 rings (SSSR count). The summed E-state index contributed by atoms with van der Waals surface area (Å²) in [4.78, 5) is 29.4. The van der Waals surface area contributed by atoms with Gasteiger partial charge in [-0.2, -0.15) is 0 Å². The second-order valence-electron chi connectivity index (χ2n) is 8.35. The van der Waals surface area contributed by atoms with Crippen LogP contribution >= 0.6 is 0 Å². The minimum absolute atomic E-state index is 0.0629. The minimum Gasteiger partial charge on any atom is -0.454 e. The van der Waals surface area contributed by atoms with Crippen LogP contribution in [0.3, 0.4) is 0 Å². The Morgan fingerprint density at radius 1 is 0.938 bits per heavy atom. The number of carbonyl (C=O) groups excluding carboxylic acids is 2. The largest absolute Gasteiger partial charge is 0.454 e. The van der Waals surface area contributed by atoms with Crippen molar-refractivity contribution in [3.63, 3.8) is 0 Å². The Balaban J connectivity index is 1.38. The van der Waals surface area contributed by atoms with E-state index in [9.17, 15) is 9.59 Å². The number of likely N-dealkylation sites (N-methyl/N-ethyl adjacent to an activating group) is 1. The predicted molar refractivity (Wildman–Crippen MR) is 120 cm³/mol. The maximum Gasteiger partial charge on any atom is 0.309 e. The van der Waals surface area contributed by atoms with E-state index >= 15 is 0 Å². The Labute approximate surface area is 188 Å². The molecule has 170 valence electrons. The van der Waals surface area contributed by atoms with Crippen LogP contribution in [0.25, 0.3) is 0 Å². The molecule has 0 aromatic heterocycles. The van der Waals surface area contributed by atoms with Crippen molar-refractivity contribution in [3.8, 4) is 11.5 Å². The number of nitrogens with zero attached hydrogens (tertiary/aromatic N) is 2. The third kappa shape index (κ3) is 5.38. The summed E-state index contributed by atoms with van der Waals surface area (Å²) in [6, 6.07) is 13.6. The third-order valence-electron chi connectivity index (χ3n) is 6.00. The lowest BCUT2D eigenvalue weighted by atomic mass is 10.0. The molecule has 1 saturated heterocycles. The molecule has 8 nitrogen and oxygen atoms in total. The van der Waals surface area contributed by atoms with Crippen LogP contribution in [0.2, 0.25) is 0 Å². The molecule has 2 aromatic carbocycles. The molecule has 2 heterocycles. The van der Waals surface area contributed by atoms with Crippen LogP contribution in [0.4, 0.5) is 0 Å². The van der Waals surface area contributed by atoms with Gasteiger partial charge < -0.3 is 25.0 Å². The van der Waals surface area contributed by atoms with E-state index in [0.717, 1.165) is 48.6 Å². The summed E-state index contributed by atoms with van der Waals surface area (Å²) in [7, 11) is 2.10. The van der Waals surface area contributed by atoms with Gasteiger partial charge in [0, 0.05) is 39.3 Å². The molecule has 2 N–H and O–H groups in total. The molecule has 2 aliphatic rings. The van der Waals surface area contributed by atoms with Gasteiger partial charge in [-0.05, 0) is 37.2 Å². The lowest BCUT2D eigenvalue weighted by Crippen LogP contribution is -2.49. The molecule has 0 aliphatic carbocycles. The number of benzene rings is 2. The Bertz CT molecular complexity index is 955. The second kappa shape index (κ2) is 10.0. The van der Waals surface area contributed by atoms with Crippen LogP contribution in [0, 0.1) is 6.92 Å². The minimum atomic E-state index is -0.631. The van der Waals surface area contributed by atoms with Crippen molar-refractivity contribution in [1.29, 1.82) is 0 Å². The summed E-state index contributed by atoms with van der Waals surface area (Å²) >= 11 is 0. The van der Waals surface area contributed by atoms with Gasteiger partial charge >= 0.3 is 11.8 Å². The summed E-state index contributed by atoms with van der Waals surface area (Å²) < 4.78 is 11.0. The van der Waals surface area contributed by atoms with Crippen molar-refractivity contribution in [2.45, 2.75) is 19.5 Å². The highest BCUT2D eigenvalue weighted by molar-refractivity contribution is 6.35. The molecule has 2 aliphatic heterocycles. The predicted octanol–water partition coefficient (Wildman–Crippen LogP) is 1.44. The van der Waals surface area contributed by atoms with Crippen LogP contribution in [0.5, 0.6) is 11.5 Å². The van der Waals surface area contributed by atoms with Crippen LogP contribution in [0.1, 0.15) is 22.7 Å². The third-order valence-corrected chi connectivity index (χ3v) is 6.00. The molecule has 0 saturated carbocycles. The molecule has 1 atom stereocenters. The molecule has 8 heteroatoms. The van der Waals surface area contributed by atoms with Crippen molar-refractivity contribution in [3.05, 3.63) is 59.2 Å². The lowest BCUT2D eigenvalue weighted by Gasteiger charge is -2.38. The van der Waals surface area contributed by atoms with E-state index in [1.54, 1.807) is 0 Å². The number of hydrogen-bond acceptors (Lipinski definition) is 6. The molecule has 0 unspecified atom stereocenters. The maximum atomic E-state index is 12.5. The first kappa shape index (κ1) is 22.1. The molecular formula is C24H30N4O4. The Kier molecular flexibility index (Phi) is 6.92. The zero-order valence-corrected chi connectivity index (χ0v) is 18.6. The number of carbonyl (C=O) groups is 2. The fourth-order valence-electron chi connectivity index (χ4n) is 3.95. The van der Waals surface area contributed by atoms with Gasteiger partial charge in [-0.15, -0.1) is 0 Å². The van der Waals surface area contributed by atoms with Gasteiger partial charge in [-0.25, -0.2) is 0 Å². The Morgan fingerprint density at radius 2 is 1.62 bits per heavy atom. The molecule has 0 spiro atoms. The number of ether oxygens (including phenoxy) is 2. The summed E-state index contributed by atoms with van der Waals surface area (Å²) in [5.74, 6) is 0.180. The number of piperazine rings is 1. The van der Waals surface area contributed by atoms with Crippen molar-refractivity contribution in [1.82, 2.24) is 20.4 Å². The van der Waals surface area contributed by atoms with Gasteiger partial charge in [-0.1, -0.05) is 35.9 Å². The second-order valence-corrected chi connectivity index (χ2v) is 8.35. The van der Waals surface area contributed by atoms with Gasteiger partial charge in [0.25, 0.3) is 0 Å². The fraction of sp³-hybridized carbons (Fsp3) is 0.417. The highest BCUT2D eigenvalue weighted by Crippen LogP contribution is 2.35. The van der Waals surface area contributed by atoms with Gasteiger partial charge in [0.1, 0.15) is 0 Å². The van der Waals surface area contributed by atoms with E-state index in [2.05, 4.69) is 27.5 Å². The number of fused-ring (bicyclic) bond motifs is 1. The average Bonchev–Trinajstić information content (AvgIpc) is 3.27. The van der Waals surface area contributed by atoms with E-state index < -0.39 is 11.8 Å². The van der Waals surface area contributed by atoms with E-state index in [4.69, 9.17) is 9.47 Å². The van der Waals surface area contributed by atoms with Gasteiger partial charge in [0.05, 0.1) is 6.04 Å². The quantitative estimate of drug-likeness (QED) is 0.665. The van der Waals surface area contributed by atoms with Crippen LogP contribution in [-0.4, -0.2) is 68.2 Å². The highest BCUT2D eigenvalue weighted by atomic mass is 16.7. The van der Waals surface area contributed by atoms with Gasteiger partial charge in [0.15, 0.2) is 11.5 Å². The van der Waals surface area contributed by atoms with E-state index in [1.807, 2.05) is 49.4 Å². The topological polar surface area (TPSA) is 83.1 Å². The Hall–Kier alpha value is -3.10. The van der Waals surface area contributed by atoms with Gasteiger partial charge in [-0.3, -0.25) is 14.5 Å². The monoisotopic (exact) mass is 438 g/mol. The first-order valence-electron chi connectivity index (χ1n) is 10.9. The van der Waals surface area contributed by atoms with E-state index in [0.29, 0.717) is 18.8 Å². The summed E-state index contributed by atoms with van der Waals surface area (Å²) in [5.41, 5.74) is 3.13. The average molecular weight is 439 g/mol. The van der Waals surface area contributed by atoms with Crippen LogP contribution in [-0.2, 0) is 16.1 Å². The summed E-state index contributed by atoms with van der Waals surface area (Å²) in [6.45, 7) is 6.54. The molecule has 0 radical (unpaired) electrons. The smallest absolute Gasteiger partial charge is 0.309 e. The van der Waals surface area contributed by atoms with Crippen molar-refractivity contribution in [2.24, 2.45) is 0 Å².